The van der Waals surface area contributed by atoms with Gasteiger partial charge in [-0.3, -0.25) is 9.62 Å². The summed E-state index contributed by atoms with van der Waals surface area (Å²) in [5.74, 6) is -0.904. The number of hydroxylamine groups is 1. The van der Waals surface area contributed by atoms with Gasteiger partial charge in [-0.15, -0.1) is 0 Å². The normalized spacial score (nSPS) is 12.8. The van der Waals surface area contributed by atoms with Gasteiger partial charge in [-0.2, -0.15) is 5.48 Å². The third kappa shape index (κ3) is 4.88. The quantitative estimate of drug-likeness (QED) is 0.221. The molecule has 4 rings (SSSR count). The van der Waals surface area contributed by atoms with Gasteiger partial charge in [-0.1, -0.05) is 0 Å². The van der Waals surface area contributed by atoms with Crippen molar-refractivity contribution in [1.29, 1.82) is 0 Å². The summed E-state index contributed by atoms with van der Waals surface area (Å²) in [6.07, 6.45) is 2.17. The van der Waals surface area contributed by atoms with Crippen LogP contribution in [0.15, 0.2) is 48.8 Å². The molecule has 2 N–H and O–H groups in total. The molecular weight excluding hydrogens is 444 g/mol. The minimum absolute atomic E-state index is 0.0305. The largest absolute Gasteiger partial charge is 0.436 e. The number of hydrogen-bond donors (Lipinski definition) is 2. The van der Waals surface area contributed by atoms with Crippen molar-refractivity contribution in [1.82, 2.24) is 20.3 Å². The molecule has 1 aliphatic rings. The fraction of sp³-hybridized carbons (Fsp3) is 0.150. The highest BCUT2D eigenvalue weighted by molar-refractivity contribution is 7.95. The van der Waals surface area contributed by atoms with Crippen LogP contribution in [0.1, 0.15) is 11.1 Å². The summed E-state index contributed by atoms with van der Waals surface area (Å²) in [7, 11) is 1.56. The van der Waals surface area contributed by atoms with Crippen LogP contribution in [0.3, 0.4) is 0 Å². The van der Waals surface area contributed by atoms with Crippen molar-refractivity contribution in [3.05, 3.63) is 71.6 Å². The first-order valence-electron chi connectivity index (χ1n) is 9.32. The van der Waals surface area contributed by atoms with Crippen LogP contribution in [0.5, 0.6) is 17.4 Å². The van der Waals surface area contributed by atoms with E-state index in [1.165, 1.54) is 41.6 Å². The molecule has 12 heteroatoms. The molecule has 1 aliphatic heterocycles. The molecule has 0 spiro atoms. The lowest BCUT2D eigenvalue weighted by Gasteiger charge is -2.28. The van der Waals surface area contributed by atoms with E-state index in [0.29, 0.717) is 5.56 Å². The molecule has 1 amide bonds. The fourth-order valence-corrected chi connectivity index (χ4v) is 3.26. The van der Waals surface area contributed by atoms with Crippen LogP contribution in [0.2, 0.25) is 0 Å². The van der Waals surface area contributed by atoms with Crippen LogP contribution in [-0.2, 0) is 17.4 Å². The third-order valence-electron chi connectivity index (χ3n) is 4.39. The average molecular weight is 461 g/mol. The van der Waals surface area contributed by atoms with E-state index < -0.39 is 17.7 Å². The van der Waals surface area contributed by atoms with Gasteiger partial charge in [0.2, 0.25) is 0 Å². The second-order valence-corrected chi connectivity index (χ2v) is 7.03. The summed E-state index contributed by atoms with van der Waals surface area (Å²) in [5, 5.41) is 0. The maximum Gasteiger partial charge on any atom is 0.415 e. The zero-order valence-electron chi connectivity index (χ0n) is 16.7. The van der Waals surface area contributed by atoms with Crippen molar-refractivity contribution in [3.63, 3.8) is 0 Å². The number of pyridine rings is 2. The molecule has 0 bridgehead atoms. The molecule has 0 saturated carbocycles. The third-order valence-corrected chi connectivity index (χ3v) is 4.91. The minimum atomic E-state index is -0.655. The zero-order valence-corrected chi connectivity index (χ0v) is 17.5. The number of aromatic nitrogens is 2. The number of fused-ring (bicyclic) bond motifs is 1. The molecule has 0 unspecified atom stereocenters. The van der Waals surface area contributed by atoms with Crippen molar-refractivity contribution in [2.45, 2.75) is 13.1 Å². The van der Waals surface area contributed by atoms with E-state index in [0.717, 1.165) is 12.2 Å². The van der Waals surface area contributed by atoms with E-state index in [1.54, 1.807) is 19.2 Å². The van der Waals surface area contributed by atoms with E-state index in [4.69, 9.17) is 13.8 Å². The molecule has 0 aliphatic carbocycles. The maximum atomic E-state index is 14.7. The van der Waals surface area contributed by atoms with E-state index in [1.807, 2.05) is 0 Å². The van der Waals surface area contributed by atoms with E-state index in [2.05, 4.69) is 20.2 Å². The Kier molecular flexibility index (Phi) is 6.63. The molecule has 0 fully saturated rings. The SMILES string of the molecule is CNOSNc1nccc(CN2Cc3ccc(Oc4ncccc4F)cc3OC2=O)c1F. The van der Waals surface area contributed by atoms with E-state index >= 15 is 0 Å². The molecule has 3 heterocycles. The predicted octanol–water partition coefficient (Wildman–Crippen LogP) is 4.19. The van der Waals surface area contributed by atoms with Crippen LogP contribution < -0.4 is 19.7 Å². The van der Waals surface area contributed by atoms with Gasteiger partial charge in [0.25, 0.3) is 5.88 Å². The summed E-state index contributed by atoms with van der Waals surface area (Å²) >= 11 is 0.761. The fourth-order valence-electron chi connectivity index (χ4n) is 2.92. The van der Waals surface area contributed by atoms with E-state index in [9.17, 15) is 13.6 Å². The van der Waals surface area contributed by atoms with Gasteiger partial charge in [0.15, 0.2) is 17.5 Å². The number of halogens is 2. The highest BCUT2D eigenvalue weighted by atomic mass is 32.2. The van der Waals surface area contributed by atoms with Crippen molar-refractivity contribution in [3.8, 4) is 17.4 Å². The maximum absolute atomic E-state index is 14.7. The Morgan fingerprint density at radius 3 is 2.91 bits per heavy atom. The first-order valence-corrected chi connectivity index (χ1v) is 10.1. The standard InChI is InChI=1S/C20H17F2N5O4S/c1-23-31-32-26-18-17(22)13(6-8-24-18)11-27-10-12-4-5-14(9-16(12)30-20(27)28)29-19-15(21)3-2-7-25-19/h2-9,23H,10-11H2,1H3,(H,24,26). The van der Waals surface area contributed by atoms with Gasteiger partial charge in [-0.25, -0.2) is 27.8 Å². The highest BCUT2D eigenvalue weighted by Gasteiger charge is 2.27. The summed E-state index contributed by atoms with van der Waals surface area (Å²) in [6.45, 7) is 0.158. The Morgan fingerprint density at radius 1 is 1.22 bits per heavy atom. The Bertz CT molecular complexity index is 1140. The van der Waals surface area contributed by atoms with Crippen molar-refractivity contribution >= 4 is 24.1 Å². The number of anilines is 1. The van der Waals surface area contributed by atoms with Gasteiger partial charge in [0.1, 0.15) is 23.7 Å². The molecule has 9 nitrogen and oxygen atoms in total. The van der Waals surface area contributed by atoms with Crippen LogP contribution in [-0.4, -0.2) is 28.0 Å². The minimum Gasteiger partial charge on any atom is -0.436 e. The lowest BCUT2D eigenvalue weighted by molar-refractivity contribution is 0.134. The summed E-state index contributed by atoms with van der Waals surface area (Å²) < 4.78 is 46.7. The molecular formula is C20H17F2N5O4S. The van der Waals surface area contributed by atoms with Crippen molar-refractivity contribution < 1.29 is 27.3 Å². The highest BCUT2D eigenvalue weighted by Crippen LogP contribution is 2.33. The number of benzene rings is 1. The smallest absolute Gasteiger partial charge is 0.415 e. The molecule has 0 radical (unpaired) electrons. The monoisotopic (exact) mass is 461 g/mol. The second-order valence-electron chi connectivity index (χ2n) is 6.49. The van der Waals surface area contributed by atoms with Gasteiger partial charge < -0.3 is 9.47 Å². The number of rotatable bonds is 8. The van der Waals surface area contributed by atoms with Gasteiger partial charge in [-0.05, 0) is 30.3 Å². The Balaban J connectivity index is 1.47. The average Bonchev–Trinajstić information content (AvgIpc) is 2.78. The zero-order chi connectivity index (χ0) is 22.5. The molecule has 2 aromatic heterocycles. The van der Waals surface area contributed by atoms with Crippen LogP contribution in [0, 0.1) is 11.6 Å². The number of ether oxygens (including phenoxy) is 2. The lowest BCUT2D eigenvalue weighted by atomic mass is 10.1. The van der Waals surface area contributed by atoms with Crippen LogP contribution in [0.25, 0.3) is 0 Å². The molecule has 0 saturated heterocycles. The number of carbonyl (C=O) groups excluding carboxylic acids is 1. The van der Waals surface area contributed by atoms with Crippen LogP contribution >= 0.6 is 12.2 Å². The molecule has 166 valence electrons. The molecule has 32 heavy (non-hydrogen) atoms. The van der Waals surface area contributed by atoms with Crippen LogP contribution in [0.4, 0.5) is 19.4 Å². The summed E-state index contributed by atoms with van der Waals surface area (Å²) in [5.41, 5.74) is 3.36. The first kappa shape index (κ1) is 21.7. The van der Waals surface area contributed by atoms with Crippen molar-refractivity contribution in [2.24, 2.45) is 0 Å². The predicted molar refractivity (Wildman–Crippen MR) is 112 cm³/mol. The number of carbonyl (C=O) groups is 1. The summed E-state index contributed by atoms with van der Waals surface area (Å²) in [6, 6.07) is 8.93. The number of nitrogens with zero attached hydrogens (tertiary/aromatic N) is 3. The number of hydrogen-bond acceptors (Lipinski definition) is 9. The second kappa shape index (κ2) is 9.77. The first-order chi connectivity index (χ1) is 15.5. The number of amides is 1. The van der Waals surface area contributed by atoms with Crippen molar-refractivity contribution in [2.75, 3.05) is 11.8 Å². The van der Waals surface area contributed by atoms with Gasteiger partial charge in [0, 0.05) is 36.6 Å². The Morgan fingerprint density at radius 2 is 2.09 bits per heavy atom. The number of nitrogens with one attached hydrogen (secondary N) is 2. The topological polar surface area (TPSA) is 97.8 Å². The molecule has 1 aromatic carbocycles. The lowest BCUT2D eigenvalue weighted by Crippen LogP contribution is -2.36. The van der Waals surface area contributed by atoms with Gasteiger partial charge in [0.05, 0.1) is 13.1 Å². The summed E-state index contributed by atoms with van der Waals surface area (Å²) in [4.78, 5) is 21.6. The Hall–Kier alpha value is -3.48. The van der Waals surface area contributed by atoms with E-state index in [-0.39, 0.29) is 41.8 Å². The Labute approximate surface area is 186 Å². The molecule has 0 atom stereocenters. The molecule has 3 aromatic rings. The van der Waals surface area contributed by atoms with Gasteiger partial charge >= 0.3 is 6.09 Å².